The Hall–Kier alpha value is -3.55. The van der Waals surface area contributed by atoms with Gasteiger partial charge in [-0.3, -0.25) is 4.79 Å². The molecule has 1 aromatic carbocycles. The lowest BCUT2D eigenvalue weighted by molar-refractivity contribution is -0.117. The molecule has 0 aliphatic heterocycles. The summed E-state index contributed by atoms with van der Waals surface area (Å²) in [4.78, 5) is 15.2. The molecule has 0 unspecified atom stereocenters. The summed E-state index contributed by atoms with van der Waals surface area (Å²) in [5.74, 6) is 0.459. The van der Waals surface area contributed by atoms with Gasteiger partial charge in [0.15, 0.2) is 0 Å². The number of nitrogens with one attached hydrogen (secondary N) is 1. The normalized spacial score (nSPS) is 11.2. The fraction of sp³-hybridized carbons (Fsp3) is 0.211. The van der Waals surface area contributed by atoms with E-state index in [1.165, 1.54) is 11.8 Å². The van der Waals surface area contributed by atoms with Gasteiger partial charge in [-0.15, -0.1) is 5.10 Å². The molecular weight excluding hydrogens is 344 g/mol. The SMILES string of the molecule is C=C/C(=C\C=C(/CC(N)=O)OC)n1nc(Nc2ccccc2)nc1N.CC. The summed E-state index contributed by atoms with van der Waals surface area (Å²) in [5, 5.41) is 7.37. The summed E-state index contributed by atoms with van der Waals surface area (Å²) in [6.07, 6.45) is 4.82. The first-order valence-corrected chi connectivity index (χ1v) is 8.44. The molecule has 0 aliphatic carbocycles. The predicted octanol–water partition coefficient (Wildman–Crippen LogP) is 3.06. The number of carbonyl (C=O) groups is 1. The number of methoxy groups -OCH3 is 1. The molecule has 0 radical (unpaired) electrons. The molecule has 27 heavy (non-hydrogen) atoms. The van der Waals surface area contributed by atoms with Crippen LogP contribution in [0.1, 0.15) is 20.3 Å². The van der Waals surface area contributed by atoms with E-state index in [1.807, 2.05) is 44.2 Å². The van der Waals surface area contributed by atoms with Gasteiger partial charge < -0.3 is 21.5 Å². The molecule has 1 heterocycles. The summed E-state index contributed by atoms with van der Waals surface area (Å²) in [5.41, 5.74) is 12.5. The minimum Gasteiger partial charge on any atom is -0.501 e. The van der Waals surface area contributed by atoms with Crippen molar-refractivity contribution in [3.63, 3.8) is 0 Å². The van der Waals surface area contributed by atoms with Crippen molar-refractivity contribution < 1.29 is 9.53 Å². The van der Waals surface area contributed by atoms with Crippen LogP contribution in [0.2, 0.25) is 0 Å². The van der Waals surface area contributed by atoms with Gasteiger partial charge in [0.1, 0.15) is 5.76 Å². The number of amides is 1. The zero-order valence-electron chi connectivity index (χ0n) is 15.8. The van der Waals surface area contributed by atoms with Crippen molar-refractivity contribution in [2.45, 2.75) is 20.3 Å². The number of para-hydroxylation sites is 1. The lowest BCUT2D eigenvalue weighted by Crippen LogP contribution is -2.11. The topological polar surface area (TPSA) is 121 Å². The smallest absolute Gasteiger partial charge is 0.248 e. The monoisotopic (exact) mass is 370 g/mol. The maximum absolute atomic E-state index is 11.0. The third kappa shape index (κ3) is 6.69. The van der Waals surface area contributed by atoms with E-state index in [0.717, 1.165) is 5.69 Å². The van der Waals surface area contributed by atoms with E-state index in [9.17, 15) is 4.79 Å². The second-order valence-corrected chi connectivity index (χ2v) is 4.97. The average molecular weight is 370 g/mol. The molecule has 0 atom stereocenters. The standard InChI is InChI=1S/C17H20N6O2.C2H6/c1-3-13(9-10-14(25-2)11-15(18)24)23-16(19)21-17(22-23)20-12-7-5-4-6-8-12;1-2/h3-10H,1,11H2,2H3,(H2,18,24)(H3,19,20,21,22);1-2H3/b13-9+,14-10+;. The highest BCUT2D eigenvalue weighted by Gasteiger charge is 2.09. The maximum Gasteiger partial charge on any atom is 0.248 e. The molecule has 5 N–H and O–H groups in total. The van der Waals surface area contributed by atoms with Gasteiger partial charge in [0, 0.05) is 5.69 Å². The van der Waals surface area contributed by atoms with E-state index in [1.54, 1.807) is 18.2 Å². The van der Waals surface area contributed by atoms with Crippen molar-refractivity contribution in [2.75, 3.05) is 18.2 Å². The third-order valence-electron chi connectivity index (χ3n) is 3.17. The van der Waals surface area contributed by atoms with Crippen LogP contribution in [0.25, 0.3) is 5.70 Å². The van der Waals surface area contributed by atoms with Crippen LogP contribution >= 0.6 is 0 Å². The highest BCUT2D eigenvalue weighted by atomic mass is 16.5. The first-order chi connectivity index (χ1) is 13.0. The predicted molar refractivity (Wildman–Crippen MR) is 109 cm³/mol. The number of allylic oxidation sites excluding steroid dienone is 4. The fourth-order valence-electron chi connectivity index (χ4n) is 1.99. The second kappa shape index (κ2) is 11.1. The van der Waals surface area contributed by atoms with Gasteiger partial charge in [-0.1, -0.05) is 38.6 Å². The Balaban J connectivity index is 0.00000176. The van der Waals surface area contributed by atoms with Crippen LogP contribution in [0, 0.1) is 0 Å². The van der Waals surface area contributed by atoms with E-state index < -0.39 is 5.91 Å². The van der Waals surface area contributed by atoms with Crippen LogP contribution in [0.15, 0.2) is 60.9 Å². The molecule has 0 fully saturated rings. The number of nitrogens with zero attached hydrogens (tertiary/aromatic N) is 3. The van der Waals surface area contributed by atoms with Crippen LogP contribution in [-0.2, 0) is 9.53 Å². The molecule has 2 aromatic rings. The molecule has 0 bridgehead atoms. The van der Waals surface area contributed by atoms with Crippen molar-refractivity contribution in [3.05, 3.63) is 60.9 Å². The van der Waals surface area contributed by atoms with Crippen LogP contribution in [0.3, 0.4) is 0 Å². The highest BCUT2D eigenvalue weighted by molar-refractivity contribution is 5.76. The number of benzene rings is 1. The molecule has 0 saturated carbocycles. The first-order valence-electron chi connectivity index (χ1n) is 8.44. The number of hydrogen-bond donors (Lipinski definition) is 3. The number of carbonyl (C=O) groups excluding carboxylic acids is 1. The Morgan fingerprint density at radius 2 is 1.96 bits per heavy atom. The minimum absolute atomic E-state index is 0.00885. The number of rotatable bonds is 8. The van der Waals surface area contributed by atoms with E-state index in [2.05, 4.69) is 22.0 Å². The van der Waals surface area contributed by atoms with E-state index in [4.69, 9.17) is 16.2 Å². The summed E-state index contributed by atoms with van der Waals surface area (Å²) in [6.45, 7) is 7.74. The van der Waals surface area contributed by atoms with E-state index in [-0.39, 0.29) is 12.4 Å². The van der Waals surface area contributed by atoms with Gasteiger partial charge in [0.25, 0.3) is 0 Å². The van der Waals surface area contributed by atoms with E-state index in [0.29, 0.717) is 17.4 Å². The zero-order valence-corrected chi connectivity index (χ0v) is 15.8. The molecule has 0 saturated heterocycles. The van der Waals surface area contributed by atoms with Crippen LogP contribution < -0.4 is 16.8 Å². The molecule has 8 nitrogen and oxygen atoms in total. The lowest BCUT2D eigenvalue weighted by atomic mass is 10.3. The Labute approximate surface area is 159 Å². The summed E-state index contributed by atoms with van der Waals surface area (Å²) >= 11 is 0. The second-order valence-electron chi connectivity index (χ2n) is 4.97. The number of hydrogen-bond acceptors (Lipinski definition) is 6. The van der Waals surface area contributed by atoms with Gasteiger partial charge in [-0.2, -0.15) is 9.67 Å². The molecule has 0 spiro atoms. The van der Waals surface area contributed by atoms with Crippen molar-refractivity contribution in [2.24, 2.45) is 5.73 Å². The molecule has 8 heteroatoms. The minimum atomic E-state index is -0.490. The fourth-order valence-corrected chi connectivity index (χ4v) is 1.99. The number of nitrogens with two attached hydrogens (primary N) is 2. The largest absolute Gasteiger partial charge is 0.501 e. The number of aromatic nitrogens is 3. The Morgan fingerprint density at radius 1 is 1.30 bits per heavy atom. The number of nitrogen functional groups attached to an aromatic ring is 1. The van der Waals surface area contributed by atoms with Crippen molar-refractivity contribution >= 4 is 29.2 Å². The van der Waals surface area contributed by atoms with Crippen LogP contribution in [-0.4, -0.2) is 27.8 Å². The number of anilines is 3. The van der Waals surface area contributed by atoms with Gasteiger partial charge in [-0.25, -0.2) is 0 Å². The quantitative estimate of drug-likeness (QED) is 0.485. The van der Waals surface area contributed by atoms with Gasteiger partial charge in [0.05, 0.1) is 19.2 Å². The molecule has 1 aromatic heterocycles. The Morgan fingerprint density at radius 3 is 2.52 bits per heavy atom. The maximum atomic E-state index is 11.0. The number of ether oxygens (including phenoxy) is 1. The molecule has 144 valence electrons. The first kappa shape index (κ1) is 21.5. The van der Waals surface area contributed by atoms with Crippen molar-refractivity contribution in [3.8, 4) is 0 Å². The summed E-state index contributed by atoms with van der Waals surface area (Å²) in [6, 6.07) is 9.48. The van der Waals surface area contributed by atoms with Gasteiger partial charge >= 0.3 is 0 Å². The Kier molecular flexibility index (Phi) is 8.87. The lowest BCUT2D eigenvalue weighted by Gasteiger charge is -2.04. The van der Waals surface area contributed by atoms with Crippen LogP contribution in [0.5, 0.6) is 0 Å². The molecule has 0 aliphatic rings. The van der Waals surface area contributed by atoms with Crippen molar-refractivity contribution in [1.29, 1.82) is 0 Å². The summed E-state index contributed by atoms with van der Waals surface area (Å²) < 4.78 is 6.52. The van der Waals surface area contributed by atoms with Crippen molar-refractivity contribution in [1.82, 2.24) is 14.8 Å². The molecular formula is C19H26N6O2. The van der Waals surface area contributed by atoms with E-state index >= 15 is 0 Å². The van der Waals surface area contributed by atoms with Crippen LogP contribution in [0.4, 0.5) is 17.6 Å². The summed E-state index contributed by atoms with van der Waals surface area (Å²) in [7, 11) is 1.46. The van der Waals surface area contributed by atoms with Gasteiger partial charge in [-0.05, 0) is 30.4 Å². The zero-order chi connectivity index (χ0) is 20.2. The molecule has 1 amide bonds. The highest BCUT2D eigenvalue weighted by Crippen LogP contribution is 2.17. The Bertz CT molecular complexity index is 809. The third-order valence-corrected chi connectivity index (χ3v) is 3.17. The van der Waals surface area contributed by atoms with Gasteiger partial charge in [0.2, 0.25) is 17.8 Å². The number of primary amides is 1. The average Bonchev–Trinajstić information content (AvgIpc) is 3.03. The molecule has 2 rings (SSSR count).